The molecule has 0 unspecified atom stereocenters. The fourth-order valence-corrected chi connectivity index (χ4v) is 1.84. The van der Waals surface area contributed by atoms with Crippen LogP contribution in [0.2, 0.25) is 0 Å². The summed E-state index contributed by atoms with van der Waals surface area (Å²) < 4.78 is 0. The number of unbranched alkanes of at least 4 members (excludes halogenated alkanes) is 7. The maximum absolute atomic E-state index is 10.6. The molecule has 0 aromatic rings. The van der Waals surface area contributed by atoms with E-state index in [9.17, 15) is 4.79 Å². The normalized spacial score (nSPS) is 9.76. The number of carbonyl (C=O) groups is 1. The van der Waals surface area contributed by atoms with Crippen molar-refractivity contribution in [3.8, 4) is 0 Å². The van der Waals surface area contributed by atoms with Crippen molar-refractivity contribution in [3.05, 3.63) is 17.4 Å². The van der Waals surface area contributed by atoms with E-state index in [-0.39, 0.29) is 0 Å². The van der Waals surface area contributed by atoms with Crippen molar-refractivity contribution in [2.24, 2.45) is 0 Å². The second-order valence-electron chi connectivity index (χ2n) is 4.65. The first-order chi connectivity index (χ1) is 8.35. The summed E-state index contributed by atoms with van der Waals surface area (Å²) in [5, 5.41) is 0. The Morgan fingerprint density at radius 2 is 1.59 bits per heavy atom. The Morgan fingerprint density at radius 3 is 2.18 bits per heavy atom. The van der Waals surface area contributed by atoms with Gasteiger partial charge >= 0.3 is 0 Å². The van der Waals surface area contributed by atoms with Crippen LogP contribution in [0.15, 0.2) is 17.4 Å². The number of aldehydes is 1. The summed E-state index contributed by atoms with van der Waals surface area (Å²) in [7, 11) is 0. The average Bonchev–Trinajstić information content (AvgIpc) is 2.35. The molecule has 0 atom stereocenters. The molecule has 0 saturated heterocycles. The Labute approximate surface area is 107 Å². The van der Waals surface area contributed by atoms with Crippen LogP contribution in [-0.2, 0) is 4.79 Å². The van der Waals surface area contributed by atoms with E-state index in [2.05, 4.69) is 19.6 Å². The first-order valence-corrected chi connectivity index (χ1v) is 7.24. The molecule has 0 spiro atoms. The van der Waals surface area contributed by atoms with Gasteiger partial charge in [0.25, 0.3) is 0 Å². The number of hydrogen-bond donors (Lipinski definition) is 0. The molecule has 0 saturated carbocycles. The molecular weight excluding hydrogens is 208 g/mol. The molecule has 0 N–H and O–H groups in total. The molecule has 0 aliphatic rings. The van der Waals surface area contributed by atoms with Crippen LogP contribution >= 0.6 is 0 Å². The quantitative estimate of drug-likeness (QED) is 0.208. The Morgan fingerprint density at radius 1 is 0.941 bits per heavy atom. The molecule has 0 aromatic heterocycles. The van der Waals surface area contributed by atoms with Crippen molar-refractivity contribution < 1.29 is 4.79 Å². The van der Waals surface area contributed by atoms with Crippen LogP contribution in [0.5, 0.6) is 0 Å². The fraction of sp³-hybridized carbons (Fsp3) is 0.750. The zero-order valence-electron chi connectivity index (χ0n) is 11.6. The molecule has 0 radical (unpaired) electrons. The van der Waals surface area contributed by atoms with E-state index in [1.165, 1.54) is 44.9 Å². The average molecular weight is 236 g/mol. The lowest BCUT2D eigenvalue weighted by molar-refractivity contribution is -0.105. The van der Waals surface area contributed by atoms with E-state index in [0.29, 0.717) is 0 Å². The van der Waals surface area contributed by atoms with Gasteiger partial charge in [-0.25, -0.2) is 0 Å². The Bertz CT molecular complexity index is 234. The minimum Gasteiger partial charge on any atom is -0.298 e. The van der Waals surface area contributed by atoms with Crippen LogP contribution in [0.4, 0.5) is 0 Å². The molecule has 0 fully saturated rings. The van der Waals surface area contributed by atoms with Crippen molar-refractivity contribution >= 4 is 6.29 Å². The third-order valence-electron chi connectivity index (χ3n) is 2.90. The maximum Gasteiger partial charge on any atom is 0.153 e. The summed E-state index contributed by atoms with van der Waals surface area (Å²) in [5.41, 5.74) is 3.92. The van der Waals surface area contributed by atoms with Gasteiger partial charge in [-0.2, -0.15) is 0 Å². The van der Waals surface area contributed by atoms with Gasteiger partial charge in [-0.3, -0.25) is 4.79 Å². The number of rotatable bonds is 11. The van der Waals surface area contributed by atoms with Gasteiger partial charge in [0.1, 0.15) is 0 Å². The molecule has 0 aliphatic carbocycles. The highest BCUT2D eigenvalue weighted by molar-refractivity contribution is 5.72. The van der Waals surface area contributed by atoms with E-state index in [4.69, 9.17) is 0 Å². The molecule has 17 heavy (non-hydrogen) atoms. The number of allylic oxidation sites excluding steroid dienone is 1. The van der Waals surface area contributed by atoms with Crippen LogP contribution in [0.25, 0.3) is 0 Å². The molecule has 98 valence electrons. The van der Waals surface area contributed by atoms with Gasteiger partial charge in [-0.15, -0.1) is 5.73 Å². The van der Waals surface area contributed by atoms with E-state index in [0.717, 1.165) is 31.1 Å². The van der Waals surface area contributed by atoms with Crippen molar-refractivity contribution in [3.63, 3.8) is 0 Å². The Kier molecular flexibility index (Phi) is 12.6. The van der Waals surface area contributed by atoms with E-state index < -0.39 is 0 Å². The zero-order valence-corrected chi connectivity index (χ0v) is 11.6. The molecule has 1 heteroatoms. The highest BCUT2D eigenvalue weighted by Crippen LogP contribution is 2.08. The first-order valence-electron chi connectivity index (χ1n) is 7.24. The monoisotopic (exact) mass is 236 g/mol. The predicted octanol–water partition coefficient (Wildman–Crippen LogP) is 5.21. The molecule has 0 heterocycles. The van der Waals surface area contributed by atoms with Gasteiger partial charge in [-0.05, 0) is 25.3 Å². The van der Waals surface area contributed by atoms with E-state index >= 15 is 0 Å². The summed E-state index contributed by atoms with van der Waals surface area (Å²) in [6, 6.07) is 0. The lowest BCUT2D eigenvalue weighted by Crippen LogP contribution is -1.81. The van der Waals surface area contributed by atoms with Gasteiger partial charge in [-0.1, -0.05) is 58.8 Å². The van der Waals surface area contributed by atoms with Crippen molar-refractivity contribution in [1.82, 2.24) is 0 Å². The van der Waals surface area contributed by atoms with Crippen LogP contribution in [0.1, 0.15) is 78.1 Å². The Balaban J connectivity index is 3.48. The molecule has 0 amide bonds. The van der Waals surface area contributed by atoms with Crippen molar-refractivity contribution in [2.45, 2.75) is 78.1 Å². The van der Waals surface area contributed by atoms with Crippen molar-refractivity contribution in [1.29, 1.82) is 0 Å². The topological polar surface area (TPSA) is 17.1 Å². The summed E-state index contributed by atoms with van der Waals surface area (Å²) in [6.45, 7) is 4.33. The van der Waals surface area contributed by atoms with Gasteiger partial charge < -0.3 is 0 Å². The SMILES string of the molecule is CCCCCCCCCC=C=C(C=O)CCC. The van der Waals surface area contributed by atoms with Gasteiger partial charge in [0.05, 0.1) is 0 Å². The summed E-state index contributed by atoms with van der Waals surface area (Å²) >= 11 is 0. The Hall–Kier alpha value is -0.810. The molecule has 0 aromatic carbocycles. The molecule has 0 bridgehead atoms. The largest absolute Gasteiger partial charge is 0.298 e. The summed E-state index contributed by atoms with van der Waals surface area (Å²) in [4.78, 5) is 10.6. The van der Waals surface area contributed by atoms with Gasteiger partial charge in [0.15, 0.2) is 6.29 Å². The lowest BCUT2D eigenvalue weighted by Gasteiger charge is -1.98. The summed E-state index contributed by atoms with van der Waals surface area (Å²) in [6.07, 6.45) is 15.3. The number of hydrogen-bond acceptors (Lipinski definition) is 1. The lowest BCUT2D eigenvalue weighted by atomic mass is 10.1. The number of carbonyl (C=O) groups excluding carboxylic acids is 1. The third-order valence-corrected chi connectivity index (χ3v) is 2.90. The van der Waals surface area contributed by atoms with Crippen LogP contribution in [0.3, 0.4) is 0 Å². The van der Waals surface area contributed by atoms with Gasteiger partial charge in [0.2, 0.25) is 0 Å². The maximum atomic E-state index is 10.6. The predicted molar refractivity (Wildman–Crippen MR) is 75.2 cm³/mol. The van der Waals surface area contributed by atoms with E-state index in [1.807, 2.05) is 6.08 Å². The molecule has 0 aliphatic heterocycles. The zero-order chi connectivity index (χ0) is 12.8. The molecule has 0 rings (SSSR count). The molecule has 1 nitrogen and oxygen atoms in total. The van der Waals surface area contributed by atoms with Crippen LogP contribution < -0.4 is 0 Å². The third kappa shape index (κ3) is 11.5. The molecular formula is C16H28O. The summed E-state index contributed by atoms with van der Waals surface area (Å²) in [5.74, 6) is 0. The highest BCUT2D eigenvalue weighted by atomic mass is 16.1. The standard InChI is InChI=1S/C16H28O/c1-3-5-6-7-8-9-10-11-12-14-16(15-17)13-4-2/h12,15H,3-11,13H2,1-2H3. The highest BCUT2D eigenvalue weighted by Gasteiger charge is 1.91. The van der Waals surface area contributed by atoms with Crippen molar-refractivity contribution in [2.75, 3.05) is 0 Å². The second-order valence-corrected chi connectivity index (χ2v) is 4.65. The fourth-order valence-electron chi connectivity index (χ4n) is 1.84. The second kappa shape index (κ2) is 13.3. The smallest absolute Gasteiger partial charge is 0.153 e. The van der Waals surface area contributed by atoms with Gasteiger partial charge in [0, 0.05) is 5.57 Å². The van der Waals surface area contributed by atoms with E-state index in [1.54, 1.807) is 0 Å². The minimum absolute atomic E-state index is 0.815. The first kappa shape index (κ1) is 16.2. The van der Waals surface area contributed by atoms with Crippen LogP contribution in [0, 0.1) is 0 Å². The van der Waals surface area contributed by atoms with Crippen LogP contribution in [-0.4, -0.2) is 6.29 Å². The minimum atomic E-state index is 0.815.